The van der Waals surface area contributed by atoms with Gasteiger partial charge in [0.1, 0.15) is 12.3 Å². The van der Waals surface area contributed by atoms with Crippen molar-refractivity contribution in [2.24, 2.45) is 0 Å². The molecular weight excluding hydrogens is 339 g/mol. The van der Waals surface area contributed by atoms with Gasteiger partial charge in [0.05, 0.1) is 12.2 Å². The molecule has 0 aromatic carbocycles. The molecule has 0 aliphatic heterocycles. The van der Waals surface area contributed by atoms with Crippen molar-refractivity contribution in [3.05, 3.63) is 36.5 Å². The first-order valence-corrected chi connectivity index (χ1v) is 8.79. The third-order valence-corrected chi connectivity index (χ3v) is 3.51. The summed E-state index contributed by atoms with van der Waals surface area (Å²) in [6, 6.07) is 0. The molecular formula is C20H29FO5. The fourth-order valence-corrected chi connectivity index (χ4v) is 1.95. The molecule has 0 amide bonds. The van der Waals surface area contributed by atoms with Crippen LogP contribution in [0.5, 0.6) is 0 Å². The maximum Gasteiger partial charge on any atom is 0.303 e. The van der Waals surface area contributed by atoms with Gasteiger partial charge < -0.3 is 20.4 Å². The Morgan fingerprint density at radius 1 is 1.08 bits per heavy atom. The zero-order valence-electron chi connectivity index (χ0n) is 15.1. The highest BCUT2D eigenvalue weighted by Gasteiger charge is 2.14. The number of aliphatic hydroxyl groups is 3. The van der Waals surface area contributed by atoms with E-state index in [2.05, 4.69) is 11.8 Å². The van der Waals surface area contributed by atoms with E-state index in [1.807, 2.05) is 6.92 Å². The summed E-state index contributed by atoms with van der Waals surface area (Å²) in [5.74, 6) is 4.04. The zero-order valence-corrected chi connectivity index (χ0v) is 15.1. The lowest BCUT2D eigenvalue weighted by molar-refractivity contribution is -0.137. The van der Waals surface area contributed by atoms with Crippen molar-refractivity contribution in [2.45, 2.75) is 69.9 Å². The van der Waals surface area contributed by atoms with Crippen molar-refractivity contribution < 1.29 is 29.6 Å². The first-order chi connectivity index (χ1) is 12.4. The maximum atomic E-state index is 13.4. The van der Waals surface area contributed by atoms with E-state index < -0.39 is 30.5 Å². The molecule has 26 heavy (non-hydrogen) atoms. The monoisotopic (exact) mass is 368 g/mol. The summed E-state index contributed by atoms with van der Waals surface area (Å²) in [5.41, 5.74) is 0. The standard InChI is InChI=1S/C20H29FO5/c1-2-3-11-16(21)17(22)12-8-6-4-5-7-9-13-18(23)19(24)14-10-15-20(25)26/h4-7,9,13,16-19,22-24H,2-3,10-11,14-15H2,1H3,(H,25,26)/b6-4+,7-5+,13-9+/t16-,17-,18+,19+/m1/s1. The molecule has 0 saturated carbocycles. The third kappa shape index (κ3) is 13.4. The normalized spacial score (nSPS) is 16.5. The molecule has 0 rings (SSSR count). The molecule has 0 fully saturated rings. The van der Waals surface area contributed by atoms with Gasteiger partial charge >= 0.3 is 5.97 Å². The minimum atomic E-state index is -1.34. The van der Waals surface area contributed by atoms with Crippen molar-refractivity contribution in [1.29, 1.82) is 0 Å². The molecule has 4 N–H and O–H groups in total. The topological polar surface area (TPSA) is 98.0 Å². The maximum absolute atomic E-state index is 13.4. The van der Waals surface area contributed by atoms with Crippen LogP contribution in [0.3, 0.4) is 0 Å². The Bertz CT molecular complexity index is 530. The van der Waals surface area contributed by atoms with Gasteiger partial charge in [-0.05, 0) is 25.3 Å². The number of halogens is 1. The lowest BCUT2D eigenvalue weighted by Crippen LogP contribution is -2.23. The molecule has 146 valence electrons. The van der Waals surface area contributed by atoms with E-state index in [0.717, 1.165) is 6.42 Å². The van der Waals surface area contributed by atoms with Crippen molar-refractivity contribution in [2.75, 3.05) is 0 Å². The van der Waals surface area contributed by atoms with E-state index in [0.29, 0.717) is 19.3 Å². The van der Waals surface area contributed by atoms with Gasteiger partial charge in [-0.15, -0.1) is 0 Å². The Labute approximate surface area is 154 Å². The van der Waals surface area contributed by atoms with Gasteiger partial charge in [0.25, 0.3) is 0 Å². The average Bonchev–Trinajstić information content (AvgIpc) is 2.60. The first-order valence-electron chi connectivity index (χ1n) is 8.79. The molecule has 6 heteroatoms. The predicted molar refractivity (Wildman–Crippen MR) is 99.1 cm³/mol. The number of rotatable bonds is 12. The van der Waals surface area contributed by atoms with E-state index in [9.17, 15) is 24.5 Å². The van der Waals surface area contributed by atoms with E-state index in [-0.39, 0.29) is 12.8 Å². The molecule has 4 atom stereocenters. The van der Waals surface area contributed by atoms with Crippen LogP contribution in [0, 0.1) is 11.8 Å². The molecule has 0 aromatic rings. The minimum Gasteiger partial charge on any atom is -0.481 e. The lowest BCUT2D eigenvalue weighted by atomic mass is 10.1. The number of alkyl halides is 1. The Kier molecular flexibility index (Phi) is 14.2. The quantitative estimate of drug-likeness (QED) is 0.313. The van der Waals surface area contributed by atoms with Crippen LogP contribution in [0.1, 0.15) is 45.4 Å². The summed E-state index contributed by atoms with van der Waals surface area (Å²) in [6.07, 6.45) is 6.87. The van der Waals surface area contributed by atoms with Crippen molar-refractivity contribution in [3.63, 3.8) is 0 Å². The highest BCUT2D eigenvalue weighted by atomic mass is 19.1. The van der Waals surface area contributed by atoms with Crippen LogP contribution < -0.4 is 0 Å². The summed E-state index contributed by atoms with van der Waals surface area (Å²) in [4.78, 5) is 10.4. The number of carbonyl (C=O) groups is 1. The molecule has 0 unspecified atom stereocenters. The number of carboxylic acids is 1. The molecule has 5 nitrogen and oxygen atoms in total. The zero-order chi connectivity index (χ0) is 19.8. The Balaban J connectivity index is 4.14. The van der Waals surface area contributed by atoms with Crippen molar-refractivity contribution in [1.82, 2.24) is 0 Å². The van der Waals surface area contributed by atoms with Crippen LogP contribution in [0.4, 0.5) is 4.39 Å². The van der Waals surface area contributed by atoms with Gasteiger partial charge in [-0.2, -0.15) is 0 Å². The highest BCUT2D eigenvalue weighted by Crippen LogP contribution is 2.08. The van der Waals surface area contributed by atoms with Crippen molar-refractivity contribution in [3.8, 4) is 11.8 Å². The molecule has 0 bridgehead atoms. The Hall–Kier alpha value is -1.94. The Morgan fingerprint density at radius 3 is 2.42 bits per heavy atom. The van der Waals surface area contributed by atoms with E-state index in [1.54, 1.807) is 24.3 Å². The smallest absolute Gasteiger partial charge is 0.303 e. The van der Waals surface area contributed by atoms with E-state index in [4.69, 9.17) is 5.11 Å². The van der Waals surface area contributed by atoms with Gasteiger partial charge in [0, 0.05) is 6.42 Å². The number of allylic oxidation sites excluding steroid dienone is 5. The lowest BCUT2D eigenvalue weighted by Gasteiger charge is -2.13. The fourth-order valence-electron chi connectivity index (χ4n) is 1.95. The summed E-state index contributed by atoms with van der Waals surface area (Å²) in [5, 5.41) is 37.3. The van der Waals surface area contributed by atoms with Crippen LogP contribution in [0.2, 0.25) is 0 Å². The largest absolute Gasteiger partial charge is 0.481 e. The van der Waals surface area contributed by atoms with Crippen molar-refractivity contribution >= 4 is 5.97 Å². The number of aliphatic hydroxyl groups excluding tert-OH is 3. The molecule has 0 aromatic heterocycles. The van der Waals surface area contributed by atoms with Crippen LogP contribution in [-0.2, 0) is 4.79 Å². The summed E-state index contributed by atoms with van der Waals surface area (Å²) >= 11 is 0. The predicted octanol–water partition coefficient (Wildman–Crippen LogP) is 2.52. The summed E-state index contributed by atoms with van der Waals surface area (Å²) in [6.45, 7) is 1.95. The van der Waals surface area contributed by atoms with Crippen LogP contribution in [-0.4, -0.2) is 50.9 Å². The summed E-state index contributed by atoms with van der Waals surface area (Å²) < 4.78 is 13.4. The average molecular weight is 368 g/mol. The fraction of sp³-hybridized carbons (Fsp3) is 0.550. The first kappa shape index (κ1) is 24.1. The van der Waals surface area contributed by atoms with Gasteiger partial charge in [0.2, 0.25) is 0 Å². The van der Waals surface area contributed by atoms with Gasteiger partial charge in [-0.3, -0.25) is 4.79 Å². The van der Waals surface area contributed by atoms with Gasteiger partial charge in [-0.25, -0.2) is 4.39 Å². The Morgan fingerprint density at radius 2 is 1.77 bits per heavy atom. The van der Waals surface area contributed by atoms with E-state index in [1.165, 1.54) is 12.2 Å². The second-order valence-electron chi connectivity index (χ2n) is 5.86. The minimum absolute atomic E-state index is 0.0460. The molecule has 0 saturated heterocycles. The van der Waals surface area contributed by atoms with Crippen LogP contribution >= 0.6 is 0 Å². The molecule has 0 aliphatic carbocycles. The number of carboxylic acid groups (broad SMARTS) is 1. The number of hydrogen-bond donors (Lipinski definition) is 4. The number of aliphatic carboxylic acids is 1. The SMILES string of the molecule is CCCC[C@@H](F)[C@H](O)C#C/C=C/C=C/C=C/[C@H](O)[C@@H](O)CCCC(=O)O. The van der Waals surface area contributed by atoms with Gasteiger partial charge in [0.15, 0.2) is 0 Å². The number of unbranched alkanes of at least 4 members (excludes halogenated alkanes) is 1. The summed E-state index contributed by atoms with van der Waals surface area (Å²) in [7, 11) is 0. The van der Waals surface area contributed by atoms with Gasteiger partial charge in [-0.1, -0.05) is 62.0 Å². The van der Waals surface area contributed by atoms with E-state index >= 15 is 0 Å². The highest BCUT2D eigenvalue weighted by molar-refractivity contribution is 5.66. The van der Waals surface area contributed by atoms with Crippen LogP contribution in [0.15, 0.2) is 36.5 Å². The molecule has 0 radical (unpaired) electrons. The molecule has 0 aliphatic rings. The van der Waals surface area contributed by atoms with Crippen LogP contribution in [0.25, 0.3) is 0 Å². The third-order valence-electron chi connectivity index (χ3n) is 3.51. The molecule has 0 spiro atoms. The molecule has 0 heterocycles. The second-order valence-corrected chi connectivity index (χ2v) is 5.86. The second kappa shape index (κ2) is 15.3. The number of hydrogen-bond acceptors (Lipinski definition) is 4.